The van der Waals surface area contributed by atoms with E-state index in [-0.39, 0.29) is 17.1 Å². The topological polar surface area (TPSA) is 65.1 Å². The van der Waals surface area contributed by atoms with Crippen LogP contribution in [0, 0.1) is 0 Å². The summed E-state index contributed by atoms with van der Waals surface area (Å²) in [7, 11) is -1.69. The molecule has 31 heavy (non-hydrogen) atoms. The van der Waals surface area contributed by atoms with Gasteiger partial charge in [-0.15, -0.1) is 0 Å². The Balaban J connectivity index is 1.70. The lowest BCUT2D eigenvalue weighted by Gasteiger charge is -2.35. The molecule has 0 unspecified atom stereocenters. The van der Waals surface area contributed by atoms with Gasteiger partial charge < -0.3 is 19.1 Å². The first kappa shape index (κ1) is 23.0. The van der Waals surface area contributed by atoms with E-state index in [2.05, 4.69) is 11.5 Å². The van der Waals surface area contributed by atoms with Gasteiger partial charge in [0.2, 0.25) is 0 Å². The van der Waals surface area contributed by atoms with Crippen LogP contribution in [-0.2, 0) is 9.84 Å². The average molecular weight is 446 g/mol. The molecule has 1 aliphatic rings. The maximum absolute atomic E-state index is 12.1. The van der Waals surface area contributed by atoms with Crippen LogP contribution >= 0.6 is 0 Å². The molecule has 6 nitrogen and oxygen atoms in total. The highest BCUT2D eigenvalue weighted by molar-refractivity contribution is 7.90. The number of sulfone groups is 1. The largest absolute Gasteiger partial charge is 0.497 e. The second-order valence-electron chi connectivity index (χ2n) is 8.02. The van der Waals surface area contributed by atoms with Gasteiger partial charge in [-0.1, -0.05) is 6.58 Å². The van der Waals surface area contributed by atoms with Crippen LogP contribution in [-0.4, -0.2) is 52.0 Å². The number of hydrogen-bond acceptors (Lipinski definition) is 6. The van der Waals surface area contributed by atoms with Gasteiger partial charge in [-0.05, 0) is 56.3 Å². The van der Waals surface area contributed by atoms with E-state index in [1.165, 1.54) is 6.26 Å². The van der Waals surface area contributed by atoms with Crippen LogP contribution in [0.5, 0.6) is 17.2 Å². The molecule has 0 bridgehead atoms. The zero-order valence-electron chi connectivity index (χ0n) is 18.6. The maximum atomic E-state index is 12.1. The first-order valence-corrected chi connectivity index (χ1v) is 12.3. The summed E-state index contributed by atoms with van der Waals surface area (Å²) in [6, 6.07) is 12.6. The van der Waals surface area contributed by atoms with Gasteiger partial charge in [-0.2, -0.15) is 0 Å². The molecule has 1 fully saturated rings. The van der Waals surface area contributed by atoms with Crippen molar-refractivity contribution in [2.75, 3.05) is 26.5 Å². The fourth-order valence-electron chi connectivity index (χ4n) is 3.58. The van der Waals surface area contributed by atoms with E-state index in [0.717, 1.165) is 43.1 Å². The lowest BCUT2D eigenvalue weighted by Crippen LogP contribution is -2.37. The first-order valence-electron chi connectivity index (χ1n) is 10.4. The summed E-state index contributed by atoms with van der Waals surface area (Å²) in [5, 5.41) is 0. The smallest absolute Gasteiger partial charge is 0.175 e. The van der Waals surface area contributed by atoms with E-state index < -0.39 is 9.84 Å². The van der Waals surface area contributed by atoms with Crippen molar-refractivity contribution in [3.63, 3.8) is 0 Å². The monoisotopic (exact) mass is 445 g/mol. The van der Waals surface area contributed by atoms with Gasteiger partial charge in [-0.3, -0.25) is 0 Å². The average Bonchev–Trinajstić information content (AvgIpc) is 2.73. The third-order valence-electron chi connectivity index (χ3n) is 5.24. The fourth-order valence-corrected chi connectivity index (χ4v) is 4.23. The molecule has 1 aliphatic heterocycles. The molecular formula is C24H31NO5S. The summed E-state index contributed by atoms with van der Waals surface area (Å²) in [5.41, 5.74) is 1.48. The SMILES string of the molecule is C=C(c1cc(S(C)(=O)=O)ccc1OC(C)C)N1CCC(Oc2ccc(OC)cc2)CC1. The first-order chi connectivity index (χ1) is 14.7. The molecular weight excluding hydrogens is 414 g/mol. The van der Waals surface area contributed by atoms with Crippen molar-refractivity contribution >= 4 is 15.5 Å². The second-order valence-corrected chi connectivity index (χ2v) is 10.0. The van der Waals surface area contributed by atoms with Crippen LogP contribution in [0.15, 0.2) is 53.9 Å². The predicted octanol–water partition coefficient (Wildman–Crippen LogP) is 4.40. The molecule has 0 radical (unpaired) electrons. The summed E-state index contributed by atoms with van der Waals surface area (Å²) in [4.78, 5) is 2.43. The van der Waals surface area contributed by atoms with E-state index in [1.54, 1.807) is 25.3 Å². The molecule has 0 saturated carbocycles. The molecule has 0 spiro atoms. The third-order valence-corrected chi connectivity index (χ3v) is 6.35. The van der Waals surface area contributed by atoms with Gasteiger partial charge in [0, 0.05) is 43.4 Å². The molecule has 3 rings (SSSR count). The van der Waals surface area contributed by atoms with Crippen molar-refractivity contribution in [3.05, 3.63) is 54.6 Å². The maximum Gasteiger partial charge on any atom is 0.175 e. The van der Waals surface area contributed by atoms with E-state index in [4.69, 9.17) is 14.2 Å². The number of piperidine rings is 1. The number of hydrogen-bond donors (Lipinski definition) is 0. The summed E-state index contributed by atoms with van der Waals surface area (Å²) in [5.74, 6) is 2.27. The second kappa shape index (κ2) is 9.64. The number of nitrogens with zero attached hydrogens (tertiary/aromatic N) is 1. The predicted molar refractivity (Wildman–Crippen MR) is 123 cm³/mol. The lowest BCUT2D eigenvalue weighted by molar-refractivity contribution is 0.127. The van der Waals surface area contributed by atoms with Gasteiger partial charge in [-0.25, -0.2) is 8.42 Å². The van der Waals surface area contributed by atoms with Gasteiger partial charge in [0.05, 0.1) is 18.1 Å². The van der Waals surface area contributed by atoms with E-state index >= 15 is 0 Å². The number of rotatable bonds is 8. The Morgan fingerprint density at radius 3 is 2.23 bits per heavy atom. The van der Waals surface area contributed by atoms with E-state index in [9.17, 15) is 8.42 Å². The summed E-state index contributed by atoms with van der Waals surface area (Å²) >= 11 is 0. The number of methoxy groups -OCH3 is 1. The van der Waals surface area contributed by atoms with Crippen molar-refractivity contribution in [1.82, 2.24) is 4.90 Å². The molecule has 7 heteroatoms. The number of ether oxygens (including phenoxy) is 3. The van der Waals surface area contributed by atoms with Crippen LogP contribution < -0.4 is 14.2 Å². The Hall–Kier alpha value is -2.67. The number of benzene rings is 2. The summed E-state index contributed by atoms with van der Waals surface area (Å²) in [6.07, 6.45) is 2.99. The Morgan fingerprint density at radius 1 is 1.06 bits per heavy atom. The molecule has 168 valence electrons. The van der Waals surface area contributed by atoms with Crippen molar-refractivity contribution in [2.24, 2.45) is 0 Å². The Bertz CT molecular complexity index is 1010. The molecule has 0 aromatic heterocycles. The molecule has 2 aromatic carbocycles. The third kappa shape index (κ3) is 5.94. The van der Waals surface area contributed by atoms with Crippen molar-refractivity contribution in [3.8, 4) is 17.2 Å². The Morgan fingerprint density at radius 2 is 1.68 bits per heavy atom. The summed E-state index contributed by atoms with van der Waals surface area (Å²) in [6.45, 7) is 9.69. The van der Waals surface area contributed by atoms with Crippen LogP contribution in [0.4, 0.5) is 0 Å². The van der Waals surface area contributed by atoms with Crippen LogP contribution in [0.25, 0.3) is 5.70 Å². The highest BCUT2D eigenvalue weighted by atomic mass is 32.2. The van der Waals surface area contributed by atoms with Crippen molar-refractivity contribution in [2.45, 2.75) is 43.8 Å². The highest BCUT2D eigenvalue weighted by Crippen LogP contribution is 2.33. The molecule has 0 atom stereocenters. The normalized spacial score (nSPS) is 15.1. The molecule has 0 N–H and O–H groups in total. The van der Waals surface area contributed by atoms with Crippen LogP contribution in [0.2, 0.25) is 0 Å². The molecule has 0 aliphatic carbocycles. The van der Waals surface area contributed by atoms with E-state index in [1.807, 2.05) is 38.1 Å². The zero-order chi connectivity index (χ0) is 22.6. The standard InChI is InChI=1S/C24H31NO5S/c1-17(2)29-24-11-10-22(31(5,26)27)16-23(24)18(3)25-14-12-21(13-15-25)30-20-8-6-19(28-4)7-9-20/h6-11,16-17,21H,3,12-15H2,1-2,4-5H3. The van der Waals surface area contributed by atoms with Gasteiger partial charge in [0.15, 0.2) is 9.84 Å². The minimum atomic E-state index is -3.33. The molecule has 1 heterocycles. The minimum absolute atomic E-state index is 0.0285. The van der Waals surface area contributed by atoms with Gasteiger partial charge in [0.25, 0.3) is 0 Å². The molecule has 0 amide bonds. The zero-order valence-corrected chi connectivity index (χ0v) is 19.4. The summed E-state index contributed by atoms with van der Waals surface area (Å²) < 4.78 is 41.4. The minimum Gasteiger partial charge on any atom is -0.497 e. The lowest BCUT2D eigenvalue weighted by atomic mass is 10.0. The molecule has 1 saturated heterocycles. The number of likely N-dealkylation sites (tertiary alicyclic amines) is 1. The quantitative estimate of drug-likeness (QED) is 0.600. The van der Waals surface area contributed by atoms with Crippen LogP contribution in [0.3, 0.4) is 0 Å². The van der Waals surface area contributed by atoms with Crippen LogP contribution in [0.1, 0.15) is 32.3 Å². The van der Waals surface area contributed by atoms with Gasteiger partial charge in [0.1, 0.15) is 23.4 Å². The Kier molecular flexibility index (Phi) is 7.15. The highest BCUT2D eigenvalue weighted by Gasteiger charge is 2.24. The van der Waals surface area contributed by atoms with E-state index in [0.29, 0.717) is 11.3 Å². The fraction of sp³-hybridized carbons (Fsp3) is 0.417. The molecule has 2 aromatic rings. The van der Waals surface area contributed by atoms with Gasteiger partial charge >= 0.3 is 0 Å². The Labute approximate surface area is 185 Å². The van der Waals surface area contributed by atoms with Crippen molar-refractivity contribution in [1.29, 1.82) is 0 Å². The van der Waals surface area contributed by atoms with Crippen molar-refractivity contribution < 1.29 is 22.6 Å².